The highest BCUT2D eigenvalue weighted by Crippen LogP contribution is 2.20. The van der Waals surface area contributed by atoms with Crippen LogP contribution in [-0.4, -0.2) is 41.1 Å². The molecule has 1 fully saturated rings. The summed E-state index contributed by atoms with van der Waals surface area (Å²) in [4.78, 5) is 19.0. The van der Waals surface area contributed by atoms with E-state index >= 15 is 0 Å². The first-order valence-electron chi connectivity index (χ1n) is 8.55. The van der Waals surface area contributed by atoms with Crippen LogP contribution in [0.1, 0.15) is 25.1 Å². The Labute approximate surface area is 166 Å². The van der Waals surface area contributed by atoms with Crippen LogP contribution in [0.25, 0.3) is 6.08 Å². The number of hydrogen-bond donors (Lipinski definition) is 1. The number of anilines is 1. The first-order valence-corrected chi connectivity index (χ1v) is 10.2. The molecular weight excluding hydrogens is 414 g/mol. The van der Waals surface area contributed by atoms with Gasteiger partial charge in [-0.3, -0.25) is 15.0 Å². The van der Waals surface area contributed by atoms with Crippen LogP contribution in [0.3, 0.4) is 0 Å². The van der Waals surface area contributed by atoms with Gasteiger partial charge in [0.15, 0.2) is 5.13 Å². The molecule has 2 atom stereocenters. The van der Waals surface area contributed by atoms with E-state index in [1.165, 1.54) is 17.4 Å². The van der Waals surface area contributed by atoms with Crippen LogP contribution in [0.2, 0.25) is 0 Å². The largest absolute Gasteiger partial charge is 0.373 e. The van der Waals surface area contributed by atoms with Gasteiger partial charge in [0.1, 0.15) is 0 Å². The number of amides is 1. The molecule has 26 heavy (non-hydrogen) atoms. The van der Waals surface area contributed by atoms with Crippen LogP contribution in [0, 0.1) is 0 Å². The number of carbonyl (C=O) groups excluding carboxylic acids is 1. The highest BCUT2D eigenvalue weighted by Gasteiger charge is 2.22. The maximum absolute atomic E-state index is 12.1. The summed E-state index contributed by atoms with van der Waals surface area (Å²) in [5.74, 6) is -0.185. The second kappa shape index (κ2) is 8.90. The van der Waals surface area contributed by atoms with Crippen molar-refractivity contribution >= 4 is 44.4 Å². The van der Waals surface area contributed by atoms with E-state index < -0.39 is 0 Å². The maximum atomic E-state index is 12.1. The van der Waals surface area contributed by atoms with Crippen molar-refractivity contribution in [1.29, 1.82) is 0 Å². The summed E-state index contributed by atoms with van der Waals surface area (Å²) in [6.07, 6.45) is 3.77. The van der Waals surface area contributed by atoms with E-state index in [1.54, 1.807) is 6.08 Å². The topological polar surface area (TPSA) is 54.5 Å². The Hall–Kier alpha value is -1.54. The molecule has 0 spiro atoms. The van der Waals surface area contributed by atoms with Crippen molar-refractivity contribution < 1.29 is 9.53 Å². The van der Waals surface area contributed by atoms with Gasteiger partial charge in [-0.2, -0.15) is 0 Å². The van der Waals surface area contributed by atoms with Gasteiger partial charge in [0.25, 0.3) is 0 Å². The van der Waals surface area contributed by atoms with Crippen molar-refractivity contribution in [3.05, 3.63) is 51.5 Å². The van der Waals surface area contributed by atoms with Crippen LogP contribution >= 0.6 is 27.3 Å². The molecule has 0 radical (unpaired) electrons. The fourth-order valence-corrected chi connectivity index (χ4v) is 4.12. The minimum Gasteiger partial charge on any atom is -0.373 e. The Balaban J connectivity index is 1.55. The van der Waals surface area contributed by atoms with Crippen LogP contribution in [0.5, 0.6) is 0 Å². The number of carbonyl (C=O) groups is 1. The zero-order valence-electron chi connectivity index (χ0n) is 14.8. The zero-order chi connectivity index (χ0) is 18.5. The number of nitrogens with zero attached hydrogens (tertiary/aromatic N) is 2. The van der Waals surface area contributed by atoms with E-state index in [0.29, 0.717) is 5.13 Å². The molecule has 1 saturated heterocycles. The van der Waals surface area contributed by atoms with Crippen LogP contribution in [0.4, 0.5) is 5.13 Å². The van der Waals surface area contributed by atoms with E-state index in [0.717, 1.165) is 35.4 Å². The number of benzene rings is 1. The molecular formula is C19H22BrN3O2S. The van der Waals surface area contributed by atoms with Gasteiger partial charge in [0.05, 0.1) is 17.9 Å². The lowest BCUT2D eigenvalue weighted by Crippen LogP contribution is -2.44. The maximum Gasteiger partial charge on any atom is 0.250 e. The lowest BCUT2D eigenvalue weighted by Gasteiger charge is -2.34. The summed E-state index contributed by atoms with van der Waals surface area (Å²) in [6.45, 7) is 6.76. The van der Waals surface area contributed by atoms with Crippen molar-refractivity contribution in [3.8, 4) is 0 Å². The normalized spacial score (nSPS) is 21.2. The van der Waals surface area contributed by atoms with Crippen molar-refractivity contribution in [2.75, 3.05) is 18.4 Å². The number of rotatable bonds is 5. The van der Waals surface area contributed by atoms with Gasteiger partial charge in [-0.05, 0) is 31.6 Å². The Morgan fingerprint density at radius 2 is 2.12 bits per heavy atom. The number of thiazole rings is 1. The molecule has 1 aliphatic heterocycles. The van der Waals surface area contributed by atoms with E-state index in [2.05, 4.69) is 45.0 Å². The SMILES string of the molecule is CC1CN(Cc2csc(NC(=O)/C=C/c3ccccc3Br)n2)CC(C)O1. The van der Waals surface area contributed by atoms with Crippen LogP contribution in [0.15, 0.2) is 40.2 Å². The summed E-state index contributed by atoms with van der Waals surface area (Å²) >= 11 is 4.91. The Kier molecular flexibility index (Phi) is 6.58. The number of halogens is 1. The third-order valence-electron chi connectivity index (χ3n) is 3.98. The zero-order valence-corrected chi connectivity index (χ0v) is 17.2. The average Bonchev–Trinajstić information content (AvgIpc) is 3.00. The first kappa shape index (κ1) is 19.2. The molecule has 1 aliphatic rings. The van der Waals surface area contributed by atoms with Gasteiger partial charge in [-0.15, -0.1) is 11.3 Å². The van der Waals surface area contributed by atoms with Crippen molar-refractivity contribution in [2.45, 2.75) is 32.6 Å². The third-order valence-corrected chi connectivity index (χ3v) is 5.51. The number of ether oxygens (including phenoxy) is 1. The summed E-state index contributed by atoms with van der Waals surface area (Å²) < 4.78 is 6.71. The smallest absolute Gasteiger partial charge is 0.250 e. The van der Waals surface area contributed by atoms with Gasteiger partial charge in [0, 0.05) is 35.6 Å². The first-order chi connectivity index (χ1) is 12.5. The van der Waals surface area contributed by atoms with Gasteiger partial charge in [-0.1, -0.05) is 34.1 Å². The number of nitrogens with one attached hydrogen (secondary N) is 1. The molecule has 0 saturated carbocycles. The number of hydrogen-bond acceptors (Lipinski definition) is 5. The van der Waals surface area contributed by atoms with E-state index in [4.69, 9.17) is 4.74 Å². The highest BCUT2D eigenvalue weighted by atomic mass is 79.9. The van der Waals surface area contributed by atoms with Gasteiger partial charge < -0.3 is 4.74 Å². The molecule has 2 aromatic rings. The summed E-state index contributed by atoms with van der Waals surface area (Å²) in [5, 5.41) is 5.45. The Bertz CT molecular complexity index is 783. The predicted octanol–water partition coefficient (Wildman–Crippen LogP) is 4.17. The second-order valence-electron chi connectivity index (χ2n) is 6.44. The standard InChI is InChI=1S/C19H22BrN3O2S/c1-13-9-23(10-14(2)25-13)11-16-12-26-19(21-16)22-18(24)8-7-15-5-3-4-6-17(15)20/h3-8,12-14H,9-11H2,1-2H3,(H,21,22,24)/b8-7+. The molecule has 5 nitrogen and oxygen atoms in total. The summed E-state index contributed by atoms with van der Waals surface area (Å²) in [7, 11) is 0. The quantitative estimate of drug-likeness (QED) is 0.715. The fourth-order valence-electron chi connectivity index (χ4n) is 3.00. The lowest BCUT2D eigenvalue weighted by atomic mass is 10.2. The number of morpholine rings is 1. The minimum atomic E-state index is -0.185. The molecule has 1 amide bonds. The second-order valence-corrected chi connectivity index (χ2v) is 8.15. The minimum absolute atomic E-state index is 0.185. The molecule has 7 heteroatoms. The van der Waals surface area contributed by atoms with Gasteiger partial charge in [-0.25, -0.2) is 4.98 Å². The van der Waals surface area contributed by atoms with Crippen molar-refractivity contribution in [1.82, 2.24) is 9.88 Å². The summed E-state index contributed by atoms with van der Waals surface area (Å²) in [5.41, 5.74) is 1.93. The molecule has 2 heterocycles. The lowest BCUT2D eigenvalue weighted by molar-refractivity contribution is -0.111. The molecule has 138 valence electrons. The van der Waals surface area contributed by atoms with Gasteiger partial charge >= 0.3 is 0 Å². The van der Waals surface area contributed by atoms with E-state index in [-0.39, 0.29) is 18.1 Å². The van der Waals surface area contributed by atoms with Crippen LogP contribution < -0.4 is 5.32 Å². The number of aromatic nitrogens is 1. The van der Waals surface area contributed by atoms with E-state index in [9.17, 15) is 4.79 Å². The fraction of sp³-hybridized carbons (Fsp3) is 0.368. The molecule has 2 unspecified atom stereocenters. The average molecular weight is 436 g/mol. The molecule has 0 aliphatic carbocycles. The monoisotopic (exact) mass is 435 g/mol. The van der Waals surface area contributed by atoms with Gasteiger partial charge in [0.2, 0.25) is 5.91 Å². The molecule has 0 bridgehead atoms. The summed E-state index contributed by atoms with van der Waals surface area (Å²) in [6, 6.07) is 7.76. The molecule has 1 aromatic heterocycles. The van der Waals surface area contributed by atoms with Crippen molar-refractivity contribution in [3.63, 3.8) is 0 Å². The van der Waals surface area contributed by atoms with Crippen LogP contribution in [-0.2, 0) is 16.1 Å². The third kappa shape index (κ3) is 5.48. The molecule has 3 rings (SSSR count). The van der Waals surface area contributed by atoms with E-state index in [1.807, 2.05) is 29.6 Å². The predicted molar refractivity (Wildman–Crippen MR) is 109 cm³/mol. The highest BCUT2D eigenvalue weighted by molar-refractivity contribution is 9.10. The molecule has 1 aromatic carbocycles. The molecule has 1 N–H and O–H groups in total. The van der Waals surface area contributed by atoms with Crippen molar-refractivity contribution in [2.24, 2.45) is 0 Å². The Morgan fingerprint density at radius 3 is 2.85 bits per heavy atom. The Morgan fingerprint density at radius 1 is 1.38 bits per heavy atom.